The highest BCUT2D eigenvalue weighted by molar-refractivity contribution is 5.26. The van der Waals surface area contributed by atoms with Crippen LogP contribution in [0.2, 0.25) is 0 Å². The number of aryl methyl sites for hydroxylation is 1. The summed E-state index contributed by atoms with van der Waals surface area (Å²) < 4.78 is 0. The molecule has 1 rings (SSSR count). The standard InChI is InChI=1S/C5H5N3.C2H6/c1-4-3-7-8-5(4)2-6;1-2/h3H,1H3,(H,7,8);1-2H3. The van der Waals surface area contributed by atoms with Gasteiger partial charge in [-0.1, -0.05) is 13.8 Å². The van der Waals surface area contributed by atoms with Crippen molar-refractivity contribution in [3.63, 3.8) is 0 Å². The number of nitrogens with one attached hydrogen (secondary N) is 1. The Morgan fingerprint density at radius 2 is 2.20 bits per heavy atom. The largest absolute Gasteiger partial charge is 0.268 e. The van der Waals surface area contributed by atoms with Crippen molar-refractivity contribution < 1.29 is 0 Å². The molecule has 3 heteroatoms. The number of hydrogen-bond donors (Lipinski definition) is 1. The molecule has 1 aromatic rings. The molecule has 0 aromatic carbocycles. The van der Waals surface area contributed by atoms with Gasteiger partial charge in [-0.2, -0.15) is 10.4 Å². The second-order valence-electron chi connectivity index (χ2n) is 1.54. The first-order chi connectivity index (χ1) is 4.84. The topological polar surface area (TPSA) is 52.5 Å². The first-order valence-corrected chi connectivity index (χ1v) is 3.24. The highest BCUT2D eigenvalue weighted by Crippen LogP contribution is 1.97. The zero-order chi connectivity index (χ0) is 7.98. The van der Waals surface area contributed by atoms with E-state index in [4.69, 9.17) is 5.26 Å². The second-order valence-corrected chi connectivity index (χ2v) is 1.54. The van der Waals surface area contributed by atoms with Crippen LogP contribution in [-0.4, -0.2) is 10.2 Å². The van der Waals surface area contributed by atoms with E-state index in [2.05, 4.69) is 10.2 Å². The van der Waals surface area contributed by atoms with Crippen molar-refractivity contribution in [2.24, 2.45) is 0 Å². The molecule has 3 nitrogen and oxygen atoms in total. The third kappa shape index (κ3) is 1.90. The minimum Gasteiger partial charge on any atom is -0.268 e. The van der Waals surface area contributed by atoms with Crippen molar-refractivity contribution in [1.82, 2.24) is 10.2 Å². The summed E-state index contributed by atoms with van der Waals surface area (Å²) in [6, 6.07) is 1.96. The third-order valence-corrected chi connectivity index (χ3v) is 0.941. The molecule has 0 saturated heterocycles. The van der Waals surface area contributed by atoms with Gasteiger partial charge in [-0.3, -0.25) is 5.10 Å². The molecule has 1 aromatic heterocycles. The minimum atomic E-state index is 0.546. The van der Waals surface area contributed by atoms with Crippen LogP contribution < -0.4 is 0 Å². The van der Waals surface area contributed by atoms with Gasteiger partial charge in [0.1, 0.15) is 11.8 Å². The molecular weight excluding hydrogens is 126 g/mol. The Kier molecular flexibility index (Phi) is 3.97. The molecule has 0 bridgehead atoms. The van der Waals surface area contributed by atoms with Crippen LogP contribution in [0.15, 0.2) is 6.20 Å². The van der Waals surface area contributed by atoms with Gasteiger partial charge in [0.05, 0.1) is 6.20 Å². The molecule has 1 heterocycles. The van der Waals surface area contributed by atoms with Gasteiger partial charge < -0.3 is 0 Å². The summed E-state index contributed by atoms with van der Waals surface area (Å²) in [5, 5.41) is 14.5. The number of nitriles is 1. The zero-order valence-corrected chi connectivity index (χ0v) is 6.47. The fourth-order valence-corrected chi connectivity index (χ4v) is 0.460. The normalized spacial score (nSPS) is 7.40. The number of H-pyrrole nitrogens is 1. The molecule has 0 aliphatic rings. The molecule has 0 aliphatic carbocycles. The van der Waals surface area contributed by atoms with Crippen molar-refractivity contribution in [3.8, 4) is 6.07 Å². The Morgan fingerprint density at radius 1 is 1.60 bits per heavy atom. The SMILES string of the molecule is CC.Cc1cn[nH]c1C#N. The van der Waals surface area contributed by atoms with Crippen molar-refractivity contribution in [3.05, 3.63) is 17.5 Å². The number of hydrogen-bond acceptors (Lipinski definition) is 2. The monoisotopic (exact) mass is 137 g/mol. The summed E-state index contributed by atoms with van der Waals surface area (Å²) in [7, 11) is 0. The van der Waals surface area contributed by atoms with E-state index in [1.54, 1.807) is 6.20 Å². The van der Waals surface area contributed by atoms with E-state index in [0.29, 0.717) is 5.69 Å². The molecule has 54 valence electrons. The predicted molar refractivity (Wildman–Crippen MR) is 39.4 cm³/mol. The Hall–Kier alpha value is -1.30. The van der Waals surface area contributed by atoms with Gasteiger partial charge in [0.25, 0.3) is 0 Å². The molecule has 0 fully saturated rings. The molecule has 0 amide bonds. The van der Waals surface area contributed by atoms with E-state index < -0.39 is 0 Å². The van der Waals surface area contributed by atoms with Gasteiger partial charge in [0.2, 0.25) is 0 Å². The number of aromatic nitrogens is 2. The quantitative estimate of drug-likeness (QED) is 0.590. The predicted octanol–water partition coefficient (Wildman–Crippen LogP) is 1.62. The van der Waals surface area contributed by atoms with Gasteiger partial charge in [0.15, 0.2) is 0 Å². The first kappa shape index (κ1) is 8.70. The van der Waals surface area contributed by atoms with E-state index in [-0.39, 0.29) is 0 Å². The van der Waals surface area contributed by atoms with E-state index in [1.807, 2.05) is 26.8 Å². The van der Waals surface area contributed by atoms with Crippen LogP contribution in [0.3, 0.4) is 0 Å². The van der Waals surface area contributed by atoms with Crippen molar-refractivity contribution in [2.45, 2.75) is 20.8 Å². The average Bonchev–Trinajstić information content (AvgIpc) is 2.39. The zero-order valence-electron chi connectivity index (χ0n) is 6.47. The molecule has 1 N–H and O–H groups in total. The maximum absolute atomic E-state index is 8.29. The fraction of sp³-hybridized carbons (Fsp3) is 0.429. The highest BCUT2D eigenvalue weighted by atomic mass is 15.1. The number of rotatable bonds is 0. The molecule has 0 aliphatic heterocycles. The number of nitrogens with zero attached hydrogens (tertiary/aromatic N) is 2. The lowest BCUT2D eigenvalue weighted by Crippen LogP contribution is -1.74. The van der Waals surface area contributed by atoms with Crippen LogP contribution in [0.4, 0.5) is 0 Å². The van der Waals surface area contributed by atoms with Crippen LogP contribution in [0.5, 0.6) is 0 Å². The average molecular weight is 137 g/mol. The van der Waals surface area contributed by atoms with Crippen LogP contribution in [0.25, 0.3) is 0 Å². The second kappa shape index (κ2) is 4.57. The van der Waals surface area contributed by atoms with E-state index in [0.717, 1.165) is 5.56 Å². The Labute approximate surface area is 60.7 Å². The van der Waals surface area contributed by atoms with Gasteiger partial charge in [0, 0.05) is 5.56 Å². The molecule has 0 radical (unpaired) electrons. The van der Waals surface area contributed by atoms with Crippen LogP contribution in [-0.2, 0) is 0 Å². The van der Waals surface area contributed by atoms with Gasteiger partial charge in [-0.15, -0.1) is 0 Å². The van der Waals surface area contributed by atoms with E-state index in [9.17, 15) is 0 Å². The highest BCUT2D eigenvalue weighted by Gasteiger charge is 1.93. The molecule has 0 spiro atoms. The van der Waals surface area contributed by atoms with Crippen LogP contribution in [0.1, 0.15) is 25.1 Å². The lowest BCUT2D eigenvalue weighted by atomic mass is 10.3. The maximum atomic E-state index is 8.29. The summed E-state index contributed by atoms with van der Waals surface area (Å²) in [4.78, 5) is 0. The molecular formula is C7H11N3. The molecule has 0 saturated carbocycles. The summed E-state index contributed by atoms with van der Waals surface area (Å²) in [5.41, 5.74) is 1.44. The Balaban J connectivity index is 0.000000371. The van der Waals surface area contributed by atoms with Crippen LogP contribution >= 0.6 is 0 Å². The van der Waals surface area contributed by atoms with Crippen molar-refractivity contribution >= 4 is 0 Å². The Bertz CT molecular complexity index is 219. The fourth-order valence-electron chi connectivity index (χ4n) is 0.460. The lowest BCUT2D eigenvalue weighted by molar-refractivity contribution is 1.07. The molecule has 0 unspecified atom stereocenters. The Morgan fingerprint density at radius 3 is 2.40 bits per heavy atom. The van der Waals surface area contributed by atoms with Crippen molar-refractivity contribution in [2.75, 3.05) is 0 Å². The van der Waals surface area contributed by atoms with Gasteiger partial charge in [-0.05, 0) is 6.92 Å². The lowest BCUT2D eigenvalue weighted by Gasteiger charge is -1.75. The summed E-state index contributed by atoms with van der Waals surface area (Å²) in [6.45, 7) is 5.84. The summed E-state index contributed by atoms with van der Waals surface area (Å²) >= 11 is 0. The smallest absolute Gasteiger partial charge is 0.138 e. The van der Waals surface area contributed by atoms with E-state index in [1.165, 1.54) is 0 Å². The van der Waals surface area contributed by atoms with Crippen LogP contribution in [0, 0.1) is 18.3 Å². The minimum absolute atomic E-state index is 0.546. The first-order valence-electron chi connectivity index (χ1n) is 3.24. The summed E-state index contributed by atoms with van der Waals surface area (Å²) in [5.74, 6) is 0. The molecule has 10 heavy (non-hydrogen) atoms. The van der Waals surface area contributed by atoms with Gasteiger partial charge >= 0.3 is 0 Å². The third-order valence-electron chi connectivity index (χ3n) is 0.941. The molecule has 0 atom stereocenters. The van der Waals surface area contributed by atoms with Gasteiger partial charge in [-0.25, -0.2) is 0 Å². The van der Waals surface area contributed by atoms with Crippen molar-refractivity contribution in [1.29, 1.82) is 5.26 Å². The van der Waals surface area contributed by atoms with E-state index >= 15 is 0 Å². The number of aromatic amines is 1. The maximum Gasteiger partial charge on any atom is 0.138 e. The summed E-state index contributed by atoms with van der Waals surface area (Å²) in [6.07, 6.45) is 1.62.